The number of allylic oxidation sites excluding steroid dienone is 1. The Balaban J connectivity index is 0.00000324. The second-order valence-electron chi connectivity index (χ2n) is 5.77. The van der Waals surface area contributed by atoms with Crippen LogP contribution in [0.25, 0.3) is 0 Å². The third kappa shape index (κ3) is 6.63. The van der Waals surface area contributed by atoms with Gasteiger partial charge in [-0.15, -0.1) is 30.6 Å². The van der Waals surface area contributed by atoms with E-state index in [2.05, 4.69) is 35.8 Å². The Kier molecular flexibility index (Phi) is 9.48. The molecule has 19 heavy (non-hydrogen) atoms. The topological polar surface area (TPSA) is 27.6 Å². The fraction of sp³-hybridized carbons (Fsp3) is 0.800. The van der Waals surface area contributed by atoms with Crippen LogP contribution in [0.15, 0.2) is 17.6 Å². The molecule has 1 aliphatic carbocycles. The summed E-state index contributed by atoms with van der Waals surface area (Å²) in [6.07, 6.45) is 9.63. The summed E-state index contributed by atoms with van der Waals surface area (Å²) in [5.41, 5.74) is 0.470. The molecule has 0 aliphatic heterocycles. The van der Waals surface area contributed by atoms with Gasteiger partial charge in [0.25, 0.3) is 0 Å². The Labute approximate surface area is 136 Å². The van der Waals surface area contributed by atoms with Gasteiger partial charge in [-0.3, -0.25) is 4.99 Å². The third-order valence-corrected chi connectivity index (χ3v) is 3.96. The van der Waals surface area contributed by atoms with Crippen molar-refractivity contribution in [1.82, 2.24) is 10.2 Å². The number of hydrogen-bond acceptors (Lipinski definition) is 1. The highest BCUT2D eigenvalue weighted by atomic mass is 127. The maximum absolute atomic E-state index is 4.36. The lowest BCUT2D eigenvalue weighted by Gasteiger charge is -2.28. The number of aliphatic imine (C=N–C) groups is 1. The Morgan fingerprint density at radius 1 is 1.42 bits per heavy atom. The van der Waals surface area contributed by atoms with Crippen LogP contribution in [-0.4, -0.2) is 38.0 Å². The van der Waals surface area contributed by atoms with Crippen molar-refractivity contribution < 1.29 is 0 Å². The number of hydrogen-bond donors (Lipinski definition) is 1. The van der Waals surface area contributed by atoms with E-state index in [9.17, 15) is 0 Å². The molecule has 1 saturated carbocycles. The zero-order chi connectivity index (χ0) is 13.4. The van der Waals surface area contributed by atoms with Crippen molar-refractivity contribution in [3.63, 3.8) is 0 Å². The average molecular weight is 379 g/mol. The molecular weight excluding hydrogens is 349 g/mol. The van der Waals surface area contributed by atoms with Crippen molar-refractivity contribution in [2.24, 2.45) is 10.4 Å². The monoisotopic (exact) mass is 379 g/mol. The molecule has 1 N–H and O–H groups in total. The maximum Gasteiger partial charge on any atom is 0.193 e. The quantitative estimate of drug-likeness (QED) is 0.251. The highest BCUT2D eigenvalue weighted by Crippen LogP contribution is 2.36. The zero-order valence-corrected chi connectivity index (χ0v) is 15.1. The average Bonchev–Trinajstić information content (AvgIpc) is 2.77. The molecule has 0 amide bonds. The standard InChI is InChI=1S/C15H29N3.HI/c1-5-6-9-12-18(4)14(16-3)17-13-15(2)10-7-8-11-15;/h5H,1,6-13H2,2-4H3,(H,16,17);1H. The molecule has 112 valence electrons. The van der Waals surface area contributed by atoms with Gasteiger partial charge in [-0.1, -0.05) is 25.8 Å². The van der Waals surface area contributed by atoms with E-state index in [0.717, 1.165) is 31.9 Å². The third-order valence-electron chi connectivity index (χ3n) is 3.96. The Bertz CT molecular complexity index is 283. The molecular formula is C15H30IN3. The Morgan fingerprint density at radius 2 is 2.05 bits per heavy atom. The van der Waals surface area contributed by atoms with Crippen LogP contribution in [0.2, 0.25) is 0 Å². The largest absolute Gasteiger partial charge is 0.356 e. The molecule has 1 rings (SSSR count). The number of halogens is 1. The maximum atomic E-state index is 4.36. The number of nitrogens with zero attached hydrogens (tertiary/aromatic N) is 2. The molecule has 0 saturated heterocycles. The molecule has 0 atom stereocenters. The molecule has 0 unspecified atom stereocenters. The number of unbranched alkanes of at least 4 members (excludes halogenated alkanes) is 1. The zero-order valence-electron chi connectivity index (χ0n) is 12.7. The molecule has 0 radical (unpaired) electrons. The van der Waals surface area contributed by atoms with E-state index >= 15 is 0 Å². The highest BCUT2D eigenvalue weighted by molar-refractivity contribution is 14.0. The number of nitrogens with one attached hydrogen (secondary N) is 1. The van der Waals surface area contributed by atoms with Gasteiger partial charge < -0.3 is 10.2 Å². The Morgan fingerprint density at radius 3 is 2.58 bits per heavy atom. The summed E-state index contributed by atoms with van der Waals surface area (Å²) in [4.78, 5) is 6.57. The van der Waals surface area contributed by atoms with Crippen LogP contribution in [0, 0.1) is 5.41 Å². The minimum Gasteiger partial charge on any atom is -0.356 e. The van der Waals surface area contributed by atoms with Crippen molar-refractivity contribution in [1.29, 1.82) is 0 Å². The lowest BCUT2D eigenvalue weighted by molar-refractivity contribution is 0.327. The van der Waals surface area contributed by atoms with Gasteiger partial charge in [0.05, 0.1) is 0 Å². The van der Waals surface area contributed by atoms with E-state index in [1.54, 1.807) is 0 Å². The SMILES string of the molecule is C=CCCCN(C)C(=NC)NCC1(C)CCCC1.I. The van der Waals surface area contributed by atoms with Crippen LogP contribution in [0.5, 0.6) is 0 Å². The van der Waals surface area contributed by atoms with Crippen molar-refractivity contribution in [2.75, 3.05) is 27.2 Å². The van der Waals surface area contributed by atoms with E-state index in [1.807, 2.05) is 13.1 Å². The van der Waals surface area contributed by atoms with Crippen molar-refractivity contribution >= 4 is 29.9 Å². The number of rotatable bonds is 6. The first-order chi connectivity index (χ1) is 8.61. The summed E-state index contributed by atoms with van der Waals surface area (Å²) in [6.45, 7) is 8.22. The predicted molar refractivity (Wildman–Crippen MR) is 95.4 cm³/mol. The lowest BCUT2D eigenvalue weighted by Crippen LogP contribution is -2.43. The molecule has 0 aromatic rings. The normalized spacial score (nSPS) is 17.7. The molecule has 0 aromatic heterocycles. The van der Waals surface area contributed by atoms with Gasteiger partial charge in [-0.05, 0) is 31.1 Å². The van der Waals surface area contributed by atoms with Crippen molar-refractivity contribution in [3.8, 4) is 0 Å². The molecule has 1 fully saturated rings. The molecule has 4 heteroatoms. The summed E-state index contributed by atoms with van der Waals surface area (Å²) in [6, 6.07) is 0. The van der Waals surface area contributed by atoms with Crippen LogP contribution in [0.3, 0.4) is 0 Å². The van der Waals surface area contributed by atoms with Gasteiger partial charge in [0.2, 0.25) is 0 Å². The van der Waals surface area contributed by atoms with Gasteiger partial charge in [0.1, 0.15) is 0 Å². The molecule has 3 nitrogen and oxygen atoms in total. The minimum atomic E-state index is 0. The van der Waals surface area contributed by atoms with Gasteiger partial charge in [0.15, 0.2) is 5.96 Å². The van der Waals surface area contributed by atoms with Crippen molar-refractivity contribution in [3.05, 3.63) is 12.7 Å². The van der Waals surface area contributed by atoms with Crippen LogP contribution in [0.1, 0.15) is 45.4 Å². The summed E-state index contributed by atoms with van der Waals surface area (Å²) in [5, 5.41) is 3.53. The van der Waals surface area contributed by atoms with Crippen molar-refractivity contribution in [2.45, 2.75) is 45.4 Å². The van der Waals surface area contributed by atoms with Gasteiger partial charge in [-0.2, -0.15) is 0 Å². The van der Waals surface area contributed by atoms with E-state index in [4.69, 9.17) is 0 Å². The summed E-state index contributed by atoms with van der Waals surface area (Å²) in [5.74, 6) is 1.02. The molecule has 1 aliphatic rings. The highest BCUT2D eigenvalue weighted by Gasteiger charge is 2.28. The first kappa shape index (κ1) is 18.7. The summed E-state index contributed by atoms with van der Waals surface area (Å²) >= 11 is 0. The lowest BCUT2D eigenvalue weighted by atomic mass is 9.89. The predicted octanol–water partition coefficient (Wildman–Crippen LogP) is 3.66. The fourth-order valence-corrected chi connectivity index (χ4v) is 2.66. The van der Waals surface area contributed by atoms with E-state index in [-0.39, 0.29) is 24.0 Å². The fourth-order valence-electron chi connectivity index (χ4n) is 2.66. The Hall–Kier alpha value is -0.260. The second kappa shape index (κ2) is 9.61. The molecule has 0 heterocycles. The molecule has 0 spiro atoms. The van der Waals surface area contributed by atoms with Gasteiger partial charge >= 0.3 is 0 Å². The number of guanidine groups is 1. The van der Waals surface area contributed by atoms with E-state index in [1.165, 1.54) is 25.7 Å². The van der Waals surface area contributed by atoms with Crippen LogP contribution in [-0.2, 0) is 0 Å². The molecule has 0 aromatic carbocycles. The van der Waals surface area contributed by atoms with E-state index in [0.29, 0.717) is 5.41 Å². The first-order valence-corrected chi connectivity index (χ1v) is 7.14. The molecule has 0 bridgehead atoms. The van der Waals surface area contributed by atoms with Gasteiger partial charge in [0, 0.05) is 27.2 Å². The first-order valence-electron chi connectivity index (χ1n) is 7.14. The summed E-state index contributed by atoms with van der Waals surface area (Å²) < 4.78 is 0. The second-order valence-corrected chi connectivity index (χ2v) is 5.77. The van der Waals surface area contributed by atoms with E-state index < -0.39 is 0 Å². The smallest absolute Gasteiger partial charge is 0.193 e. The van der Waals surface area contributed by atoms with Crippen LogP contribution in [0.4, 0.5) is 0 Å². The van der Waals surface area contributed by atoms with Gasteiger partial charge in [-0.25, -0.2) is 0 Å². The summed E-state index contributed by atoms with van der Waals surface area (Å²) in [7, 11) is 3.97. The minimum absolute atomic E-state index is 0. The van der Waals surface area contributed by atoms with Crippen LogP contribution >= 0.6 is 24.0 Å². The van der Waals surface area contributed by atoms with Crippen LogP contribution < -0.4 is 5.32 Å².